The van der Waals surface area contributed by atoms with Gasteiger partial charge >= 0.3 is 5.97 Å². The molecule has 0 unspecified atom stereocenters. The first-order valence-corrected chi connectivity index (χ1v) is 3.77. The van der Waals surface area contributed by atoms with Crippen molar-refractivity contribution in [1.29, 1.82) is 0 Å². The van der Waals surface area contributed by atoms with Crippen molar-refractivity contribution in [3.05, 3.63) is 24.3 Å². The van der Waals surface area contributed by atoms with Crippen LogP contribution < -0.4 is 10.2 Å². The number of hydrogen-bond acceptors (Lipinski definition) is 3. The number of carbonyl (C=O) groups excluding carboxylic acids is 1. The molecule has 0 fully saturated rings. The highest BCUT2D eigenvalue weighted by Crippen LogP contribution is 2.06. The SMILES string of the molecule is [B]c1cccc(OCC(=O)OC)c1. The normalized spacial score (nSPS) is 9.31. The van der Waals surface area contributed by atoms with E-state index in [4.69, 9.17) is 12.6 Å². The van der Waals surface area contributed by atoms with E-state index in [1.165, 1.54) is 7.11 Å². The third-order valence-corrected chi connectivity index (χ3v) is 1.44. The van der Waals surface area contributed by atoms with Crippen LogP contribution >= 0.6 is 0 Å². The molecule has 0 heterocycles. The zero-order chi connectivity index (χ0) is 9.68. The Kier molecular flexibility index (Phi) is 3.37. The minimum absolute atomic E-state index is 0.0973. The van der Waals surface area contributed by atoms with E-state index in [-0.39, 0.29) is 6.61 Å². The molecule has 4 heteroatoms. The molecule has 0 saturated carbocycles. The minimum Gasteiger partial charge on any atom is -0.482 e. The fourth-order valence-corrected chi connectivity index (χ4v) is 0.806. The molecule has 0 aromatic heterocycles. The molecule has 0 amide bonds. The van der Waals surface area contributed by atoms with Gasteiger partial charge in [0.15, 0.2) is 6.61 Å². The molecule has 1 aromatic carbocycles. The molecular formula is C9H9BO3. The molecule has 0 aliphatic heterocycles. The zero-order valence-corrected chi connectivity index (χ0v) is 7.32. The zero-order valence-electron chi connectivity index (χ0n) is 7.32. The lowest BCUT2D eigenvalue weighted by atomic mass is 9.96. The smallest absolute Gasteiger partial charge is 0.343 e. The van der Waals surface area contributed by atoms with Crippen LogP contribution in [0.3, 0.4) is 0 Å². The summed E-state index contributed by atoms with van der Waals surface area (Å²) >= 11 is 0. The molecule has 0 spiro atoms. The predicted octanol–water partition coefficient (Wildman–Crippen LogP) is 0.0322. The van der Waals surface area contributed by atoms with Crippen molar-refractivity contribution >= 4 is 19.3 Å². The van der Waals surface area contributed by atoms with E-state index in [1.807, 2.05) is 0 Å². The molecule has 0 N–H and O–H groups in total. The molecule has 2 radical (unpaired) electrons. The number of ether oxygens (including phenoxy) is 2. The van der Waals surface area contributed by atoms with Crippen LogP contribution in [0.5, 0.6) is 5.75 Å². The Labute approximate surface area is 78.1 Å². The van der Waals surface area contributed by atoms with Crippen LogP contribution in [0.2, 0.25) is 0 Å². The van der Waals surface area contributed by atoms with E-state index < -0.39 is 5.97 Å². The van der Waals surface area contributed by atoms with E-state index in [0.29, 0.717) is 11.2 Å². The Morgan fingerprint density at radius 3 is 2.92 bits per heavy atom. The molecule has 1 aromatic rings. The van der Waals surface area contributed by atoms with Crippen LogP contribution in [0.1, 0.15) is 0 Å². The van der Waals surface area contributed by atoms with Gasteiger partial charge in [0.1, 0.15) is 13.6 Å². The molecule has 0 saturated heterocycles. The quantitative estimate of drug-likeness (QED) is 0.481. The van der Waals surface area contributed by atoms with Crippen molar-refractivity contribution in [3.63, 3.8) is 0 Å². The van der Waals surface area contributed by atoms with Gasteiger partial charge in [0.05, 0.1) is 7.11 Å². The first-order chi connectivity index (χ1) is 6.22. The first kappa shape index (κ1) is 9.64. The molecule has 3 nitrogen and oxygen atoms in total. The Morgan fingerprint density at radius 1 is 1.54 bits per heavy atom. The molecule has 1 rings (SSSR count). The summed E-state index contributed by atoms with van der Waals surface area (Å²) in [5, 5.41) is 0. The van der Waals surface area contributed by atoms with Crippen molar-refractivity contribution in [2.45, 2.75) is 0 Å². The lowest BCUT2D eigenvalue weighted by Crippen LogP contribution is -2.13. The summed E-state index contributed by atoms with van der Waals surface area (Å²) in [5.41, 5.74) is 0.599. The van der Waals surface area contributed by atoms with Gasteiger partial charge in [0.25, 0.3) is 0 Å². The van der Waals surface area contributed by atoms with Crippen LogP contribution in [0.4, 0.5) is 0 Å². The fraction of sp³-hybridized carbons (Fsp3) is 0.222. The van der Waals surface area contributed by atoms with Crippen LogP contribution in [-0.4, -0.2) is 27.5 Å². The maximum absolute atomic E-state index is 10.7. The maximum atomic E-state index is 10.7. The van der Waals surface area contributed by atoms with Gasteiger partial charge in [-0.3, -0.25) is 0 Å². The number of methoxy groups -OCH3 is 1. The van der Waals surface area contributed by atoms with E-state index in [2.05, 4.69) is 4.74 Å². The monoisotopic (exact) mass is 176 g/mol. The van der Waals surface area contributed by atoms with Crippen molar-refractivity contribution in [2.24, 2.45) is 0 Å². The number of esters is 1. The van der Waals surface area contributed by atoms with Crippen LogP contribution in [0, 0.1) is 0 Å². The third-order valence-electron chi connectivity index (χ3n) is 1.44. The summed E-state index contributed by atoms with van der Waals surface area (Å²) in [4.78, 5) is 10.7. The van der Waals surface area contributed by atoms with Crippen LogP contribution in [-0.2, 0) is 9.53 Å². The largest absolute Gasteiger partial charge is 0.482 e. The Morgan fingerprint density at radius 2 is 2.31 bits per heavy atom. The van der Waals surface area contributed by atoms with Crippen LogP contribution in [0.15, 0.2) is 24.3 Å². The van der Waals surface area contributed by atoms with Gasteiger partial charge < -0.3 is 9.47 Å². The summed E-state index contributed by atoms with van der Waals surface area (Å²) in [7, 11) is 6.81. The second kappa shape index (κ2) is 4.55. The molecule has 66 valence electrons. The van der Waals surface area contributed by atoms with Crippen molar-refractivity contribution in [2.75, 3.05) is 13.7 Å². The predicted molar refractivity (Wildman–Crippen MR) is 49.3 cm³/mol. The summed E-state index contributed by atoms with van der Waals surface area (Å²) in [6, 6.07) is 6.86. The summed E-state index contributed by atoms with van der Waals surface area (Å²) in [5.74, 6) is 0.146. The Balaban J connectivity index is 2.50. The number of carbonyl (C=O) groups is 1. The third kappa shape index (κ3) is 3.19. The second-order valence-corrected chi connectivity index (χ2v) is 2.44. The van der Waals surface area contributed by atoms with Gasteiger partial charge in [-0.15, -0.1) is 0 Å². The first-order valence-electron chi connectivity index (χ1n) is 3.77. The van der Waals surface area contributed by atoms with E-state index >= 15 is 0 Å². The molecule has 0 aliphatic carbocycles. The average Bonchev–Trinajstić information content (AvgIpc) is 2.14. The van der Waals surface area contributed by atoms with Gasteiger partial charge in [-0.1, -0.05) is 17.6 Å². The lowest BCUT2D eigenvalue weighted by molar-refractivity contribution is -0.142. The summed E-state index contributed by atoms with van der Waals surface area (Å²) in [6.45, 7) is -0.0973. The van der Waals surface area contributed by atoms with Gasteiger partial charge in [-0.25, -0.2) is 4.79 Å². The van der Waals surface area contributed by atoms with E-state index in [1.54, 1.807) is 24.3 Å². The second-order valence-electron chi connectivity index (χ2n) is 2.44. The number of rotatable bonds is 3. The standard InChI is InChI=1S/C9H9BO3/c1-12-9(11)6-13-8-4-2-3-7(10)5-8/h2-5H,6H2,1H3. The van der Waals surface area contributed by atoms with Crippen LogP contribution in [0.25, 0.3) is 0 Å². The molecule has 0 aliphatic rings. The lowest BCUT2D eigenvalue weighted by Gasteiger charge is -2.04. The van der Waals surface area contributed by atoms with Gasteiger partial charge in [0.2, 0.25) is 0 Å². The van der Waals surface area contributed by atoms with E-state index in [0.717, 1.165) is 0 Å². The Bertz CT molecular complexity index is 299. The summed E-state index contributed by atoms with van der Waals surface area (Å²) < 4.78 is 9.49. The van der Waals surface area contributed by atoms with Gasteiger partial charge in [-0.05, 0) is 12.1 Å². The highest BCUT2D eigenvalue weighted by Gasteiger charge is 2.00. The summed E-state index contributed by atoms with van der Waals surface area (Å²) in [6.07, 6.45) is 0. The average molecular weight is 176 g/mol. The maximum Gasteiger partial charge on any atom is 0.343 e. The molecular weight excluding hydrogens is 167 g/mol. The van der Waals surface area contributed by atoms with Gasteiger partial charge in [-0.2, -0.15) is 0 Å². The fourth-order valence-electron chi connectivity index (χ4n) is 0.806. The van der Waals surface area contributed by atoms with E-state index in [9.17, 15) is 4.79 Å². The van der Waals surface area contributed by atoms with Crippen molar-refractivity contribution in [3.8, 4) is 5.75 Å². The number of benzene rings is 1. The topological polar surface area (TPSA) is 35.5 Å². The highest BCUT2D eigenvalue weighted by molar-refractivity contribution is 6.32. The molecule has 0 atom stereocenters. The molecule has 13 heavy (non-hydrogen) atoms. The van der Waals surface area contributed by atoms with Crippen molar-refractivity contribution in [1.82, 2.24) is 0 Å². The Hall–Kier alpha value is -1.45. The van der Waals surface area contributed by atoms with Crippen molar-refractivity contribution < 1.29 is 14.3 Å². The number of hydrogen-bond donors (Lipinski definition) is 0. The molecule has 0 bridgehead atoms. The van der Waals surface area contributed by atoms with Gasteiger partial charge in [0, 0.05) is 0 Å². The minimum atomic E-state index is -0.414. The highest BCUT2D eigenvalue weighted by atomic mass is 16.6.